The smallest absolute Gasteiger partial charge is 0.322 e. The molecule has 0 spiro atoms. The van der Waals surface area contributed by atoms with Crippen LogP contribution >= 0.6 is 0 Å². The molecule has 2 amide bonds. The summed E-state index contributed by atoms with van der Waals surface area (Å²) < 4.78 is 5.07. The van der Waals surface area contributed by atoms with Crippen LogP contribution in [0, 0.1) is 0 Å². The SMILES string of the molecule is COc1ccc(NC(=O)N(C(C)C)C(C)C)cc1. The molecule has 4 heteroatoms. The summed E-state index contributed by atoms with van der Waals surface area (Å²) >= 11 is 0. The minimum Gasteiger partial charge on any atom is -0.497 e. The predicted molar refractivity (Wildman–Crippen MR) is 74.1 cm³/mol. The number of methoxy groups -OCH3 is 1. The van der Waals surface area contributed by atoms with Crippen LogP contribution in [0.4, 0.5) is 10.5 Å². The lowest BCUT2D eigenvalue weighted by atomic mass is 10.2. The molecule has 0 unspecified atom stereocenters. The molecule has 1 rings (SSSR count). The van der Waals surface area contributed by atoms with E-state index < -0.39 is 0 Å². The molecule has 0 saturated heterocycles. The zero-order valence-electron chi connectivity index (χ0n) is 11.7. The lowest BCUT2D eigenvalue weighted by molar-refractivity contribution is 0.178. The predicted octanol–water partition coefficient (Wildman–Crippen LogP) is 3.35. The second-order valence-corrected chi connectivity index (χ2v) is 4.75. The summed E-state index contributed by atoms with van der Waals surface area (Å²) in [6.45, 7) is 8.03. The van der Waals surface area contributed by atoms with Crippen molar-refractivity contribution in [2.24, 2.45) is 0 Å². The Balaban J connectivity index is 2.73. The molecule has 0 heterocycles. The second kappa shape index (κ2) is 6.28. The number of nitrogens with one attached hydrogen (secondary N) is 1. The molecule has 0 aliphatic rings. The fraction of sp³-hybridized carbons (Fsp3) is 0.500. The highest BCUT2D eigenvalue weighted by atomic mass is 16.5. The zero-order chi connectivity index (χ0) is 13.7. The van der Waals surface area contributed by atoms with Crippen molar-refractivity contribution in [2.75, 3.05) is 12.4 Å². The molecule has 18 heavy (non-hydrogen) atoms. The minimum atomic E-state index is -0.0785. The molecule has 0 fully saturated rings. The van der Waals surface area contributed by atoms with Gasteiger partial charge in [-0.05, 0) is 52.0 Å². The van der Waals surface area contributed by atoms with Crippen LogP contribution in [-0.2, 0) is 0 Å². The van der Waals surface area contributed by atoms with E-state index in [1.807, 2.05) is 56.9 Å². The van der Waals surface area contributed by atoms with Crippen molar-refractivity contribution < 1.29 is 9.53 Å². The fourth-order valence-electron chi connectivity index (χ4n) is 1.93. The zero-order valence-corrected chi connectivity index (χ0v) is 11.7. The average molecular weight is 250 g/mol. The highest BCUT2D eigenvalue weighted by Gasteiger charge is 2.19. The van der Waals surface area contributed by atoms with Gasteiger partial charge >= 0.3 is 6.03 Å². The number of amides is 2. The standard InChI is InChI=1S/C14H22N2O2/c1-10(2)16(11(3)4)14(17)15-12-6-8-13(18-5)9-7-12/h6-11H,1-5H3,(H,15,17). The topological polar surface area (TPSA) is 41.6 Å². The summed E-state index contributed by atoms with van der Waals surface area (Å²) in [6, 6.07) is 7.57. The highest BCUT2D eigenvalue weighted by molar-refractivity contribution is 5.89. The van der Waals surface area contributed by atoms with Gasteiger partial charge in [0.25, 0.3) is 0 Å². The molecule has 1 aromatic rings. The second-order valence-electron chi connectivity index (χ2n) is 4.75. The largest absolute Gasteiger partial charge is 0.497 e. The number of urea groups is 1. The molecule has 0 radical (unpaired) electrons. The van der Waals surface area contributed by atoms with Gasteiger partial charge in [0.2, 0.25) is 0 Å². The molecule has 0 aliphatic carbocycles. The van der Waals surface area contributed by atoms with Crippen molar-refractivity contribution >= 4 is 11.7 Å². The Labute approximate surface area is 109 Å². The van der Waals surface area contributed by atoms with Crippen LogP contribution in [0.5, 0.6) is 5.75 Å². The van der Waals surface area contributed by atoms with Gasteiger partial charge in [0.15, 0.2) is 0 Å². The van der Waals surface area contributed by atoms with E-state index in [4.69, 9.17) is 4.74 Å². The van der Waals surface area contributed by atoms with Crippen molar-refractivity contribution in [1.29, 1.82) is 0 Å². The van der Waals surface area contributed by atoms with Gasteiger partial charge in [-0.2, -0.15) is 0 Å². The monoisotopic (exact) mass is 250 g/mol. The fourth-order valence-corrected chi connectivity index (χ4v) is 1.93. The van der Waals surface area contributed by atoms with E-state index in [1.165, 1.54) is 0 Å². The summed E-state index contributed by atoms with van der Waals surface area (Å²) in [4.78, 5) is 13.9. The van der Waals surface area contributed by atoms with Gasteiger partial charge in [0, 0.05) is 17.8 Å². The van der Waals surface area contributed by atoms with Crippen LogP contribution in [0.25, 0.3) is 0 Å². The maximum atomic E-state index is 12.1. The number of carbonyl (C=O) groups is 1. The van der Waals surface area contributed by atoms with Crippen LogP contribution in [0.2, 0.25) is 0 Å². The van der Waals surface area contributed by atoms with E-state index in [0.29, 0.717) is 0 Å². The van der Waals surface area contributed by atoms with E-state index in [0.717, 1.165) is 11.4 Å². The van der Waals surface area contributed by atoms with E-state index in [9.17, 15) is 4.79 Å². The molecule has 4 nitrogen and oxygen atoms in total. The van der Waals surface area contributed by atoms with Crippen molar-refractivity contribution in [1.82, 2.24) is 4.90 Å². The quantitative estimate of drug-likeness (QED) is 0.890. The van der Waals surface area contributed by atoms with Crippen LogP contribution < -0.4 is 10.1 Å². The highest BCUT2D eigenvalue weighted by Crippen LogP contribution is 2.16. The number of carbonyl (C=O) groups excluding carboxylic acids is 1. The first-order chi connectivity index (χ1) is 8.45. The lowest BCUT2D eigenvalue weighted by Crippen LogP contribution is -2.44. The molecular formula is C14H22N2O2. The molecule has 1 N–H and O–H groups in total. The van der Waals surface area contributed by atoms with Gasteiger partial charge in [0.1, 0.15) is 5.75 Å². The maximum absolute atomic E-state index is 12.1. The van der Waals surface area contributed by atoms with Gasteiger partial charge in [-0.15, -0.1) is 0 Å². The van der Waals surface area contributed by atoms with E-state index in [2.05, 4.69) is 5.32 Å². The van der Waals surface area contributed by atoms with Crippen molar-refractivity contribution in [3.63, 3.8) is 0 Å². The van der Waals surface area contributed by atoms with Gasteiger partial charge in [-0.3, -0.25) is 0 Å². The summed E-state index contributed by atoms with van der Waals surface area (Å²) in [5.41, 5.74) is 0.770. The first-order valence-electron chi connectivity index (χ1n) is 6.19. The third kappa shape index (κ3) is 3.65. The van der Waals surface area contributed by atoms with Crippen molar-refractivity contribution in [3.8, 4) is 5.75 Å². The molecule has 0 bridgehead atoms. The maximum Gasteiger partial charge on any atom is 0.322 e. The first-order valence-corrected chi connectivity index (χ1v) is 6.19. The van der Waals surface area contributed by atoms with Gasteiger partial charge < -0.3 is 15.0 Å². The number of anilines is 1. The Bertz CT molecular complexity index is 377. The molecule has 0 aromatic heterocycles. The summed E-state index contributed by atoms with van der Waals surface area (Å²) in [7, 11) is 1.62. The molecule has 0 aliphatic heterocycles. The normalized spacial score (nSPS) is 10.6. The van der Waals surface area contributed by atoms with Gasteiger partial charge in [0.05, 0.1) is 7.11 Å². The molecule has 0 atom stereocenters. The van der Waals surface area contributed by atoms with Crippen molar-refractivity contribution in [2.45, 2.75) is 39.8 Å². The number of nitrogens with zero attached hydrogens (tertiary/aromatic N) is 1. The molecule has 1 aromatic carbocycles. The Hall–Kier alpha value is -1.71. The summed E-state index contributed by atoms with van der Waals surface area (Å²) in [6.07, 6.45) is 0. The lowest BCUT2D eigenvalue weighted by Gasteiger charge is -2.30. The first kappa shape index (κ1) is 14.4. The average Bonchev–Trinajstić information content (AvgIpc) is 2.28. The van der Waals surface area contributed by atoms with Crippen LogP contribution in [-0.4, -0.2) is 30.1 Å². The van der Waals surface area contributed by atoms with Crippen LogP contribution in [0.1, 0.15) is 27.7 Å². The van der Waals surface area contributed by atoms with Crippen molar-refractivity contribution in [3.05, 3.63) is 24.3 Å². The Kier molecular flexibility index (Phi) is 5.01. The Morgan fingerprint density at radius 3 is 2.00 bits per heavy atom. The molecular weight excluding hydrogens is 228 g/mol. The summed E-state index contributed by atoms with van der Waals surface area (Å²) in [5, 5.41) is 2.89. The third-order valence-corrected chi connectivity index (χ3v) is 2.69. The molecule has 0 saturated carbocycles. The Morgan fingerprint density at radius 2 is 1.61 bits per heavy atom. The van der Waals surface area contributed by atoms with E-state index >= 15 is 0 Å². The number of rotatable bonds is 4. The Morgan fingerprint density at radius 1 is 1.11 bits per heavy atom. The number of ether oxygens (including phenoxy) is 1. The molecule has 100 valence electrons. The van der Waals surface area contributed by atoms with E-state index in [1.54, 1.807) is 7.11 Å². The van der Waals surface area contributed by atoms with Crippen LogP contribution in [0.15, 0.2) is 24.3 Å². The van der Waals surface area contributed by atoms with Crippen LogP contribution in [0.3, 0.4) is 0 Å². The number of hydrogen-bond acceptors (Lipinski definition) is 2. The van der Waals surface area contributed by atoms with Gasteiger partial charge in [-0.25, -0.2) is 4.79 Å². The third-order valence-electron chi connectivity index (χ3n) is 2.69. The van der Waals surface area contributed by atoms with E-state index in [-0.39, 0.29) is 18.1 Å². The summed E-state index contributed by atoms with van der Waals surface area (Å²) in [5.74, 6) is 0.776. The number of hydrogen-bond donors (Lipinski definition) is 1. The van der Waals surface area contributed by atoms with Gasteiger partial charge in [-0.1, -0.05) is 0 Å². The number of benzene rings is 1. The minimum absolute atomic E-state index is 0.0785.